The molecule has 2 rings (SSSR count). The first-order valence-corrected chi connectivity index (χ1v) is 7.25. The number of hydrogen-bond donors (Lipinski definition) is 1. The fraction of sp³-hybridized carbons (Fsp3) is 1.00. The van der Waals surface area contributed by atoms with Crippen LogP contribution in [-0.2, 0) is 0 Å². The third-order valence-corrected chi connectivity index (χ3v) is 4.88. The summed E-state index contributed by atoms with van der Waals surface area (Å²) in [7, 11) is 0. The third kappa shape index (κ3) is 2.98. The van der Waals surface area contributed by atoms with E-state index in [0.717, 1.165) is 24.4 Å². The van der Waals surface area contributed by atoms with Crippen molar-refractivity contribution in [2.75, 3.05) is 19.6 Å². The number of piperidine rings is 1. The average molecular weight is 224 g/mol. The van der Waals surface area contributed by atoms with Crippen molar-refractivity contribution in [1.29, 1.82) is 0 Å². The lowest BCUT2D eigenvalue weighted by Crippen LogP contribution is -2.43. The number of rotatable bonds is 4. The minimum absolute atomic E-state index is 0.835. The highest BCUT2D eigenvalue weighted by atomic mass is 15.2. The lowest BCUT2D eigenvalue weighted by molar-refractivity contribution is 0.104. The van der Waals surface area contributed by atoms with E-state index in [1.807, 2.05) is 0 Å². The largest absolute Gasteiger partial charge is 0.330 e. The molecule has 1 saturated heterocycles. The molecule has 1 aliphatic carbocycles. The zero-order chi connectivity index (χ0) is 11.4. The van der Waals surface area contributed by atoms with Gasteiger partial charge in [0.25, 0.3) is 0 Å². The van der Waals surface area contributed by atoms with E-state index < -0.39 is 0 Å². The van der Waals surface area contributed by atoms with Gasteiger partial charge in [0.2, 0.25) is 0 Å². The van der Waals surface area contributed by atoms with Crippen molar-refractivity contribution in [3.63, 3.8) is 0 Å². The van der Waals surface area contributed by atoms with E-state index in [1.54, 1.807) is 0 Å². The van der Waals surface area contributed by atoms with Crippen LogP contribution in [0.2, 0.25) is 0 Å². The van der Waals surface area contributed by atoms with Gasteiger partial charge in [-0.15, -0.1) is 0 Å². The minimum Gasteiger partial charge on any atom is -0.330 e. The molecule has 0 aromatic carbocycles. The quantitative estimate of drug-likeness (QED) is 0.795. The van der Waals surface area contributed by atoms with E-state index in [0.29, 0.717) is 0 Å². The third-order valence-electron chi connectivity index (χ3n) is 4.88. The van der Waals surface area contributed by atoms with Crippen molar-refractivity contribution in [2.24, 2.45) is 17.6 Å². The second-order valence-corrected chi connectivity index (χ2v) is 5.84. The van der Waals surface area contributed by atoms with Crippen LogP contribution in [0.25, 0.3) is 0 Å². The lowest BCUT2D eigenvalue weighted by Gasteiger charge is -2.38. The molecular weight excluding hydrogens is 196 g/mol. The molecule has 0 bridgehead atoms. The van der Waals surface area contributed by atoms with Crippen LogP contribution in [0.5, 0.6) is 0 Å². The van der Waals surface area contributed by atoms with Gasteiger partial charge in [-0.05, 0) is 70.5 Å². The highest BCUT2D eigenvalue weighted by molar-refractivity contribution is 4.83. The maximum atomic E-state index is 5.64. The number of hydrogen-bond acceptors (Lipinski definition) is 2. The Kier molecular flexibility index (Phi) is 4.66. The van der Waals surface area contributed by atoms with Gasteiger partial charge >= 0.3 is 0 Å². The molecule has 2 heteroatoms. The van der Waals surface area contributed by atoms with Crippen molar-refractivity contribution < 1.29 is 0 Å². The van der Waals surface area contributed by atoms with Crippen LogP contribution in [0.15, 0.2) is 0 Å². The Hall–Kier alpha value is -0.0800. The van der Waals surface area contributed by atoms with E-state index >= 15 is 0 Å². The Morgan fingerprint density at radius 2 is 1.75 bits per heavy atom. The molecule has 2 nitrogen and oxygen atoms in total. The van der Waals surface area contributed by atoms with Gasteiger partial charge in [0.1, 0.15) is 0 Å². The second-order valence-electron chi connectivity index (χ2n) is 5.84. The van der Waals surface area contributed by atoms with Crippen molar-refractivity contribution >= 4 is 0 Å². The van der Waals surface area contributed by atoms with Crippen LogP contribution in [0, 0.1) is 11.8 Å². The van der Waals surface area contributed by atoms with Crippen LogP contribution < -0.4 is 5.73 Å². The Morgan fingerprint density at radius 3 is 2.31 bits per heavy atom. The molecule has 16 heavy (non-hydrogen) atoms. The maximum absolute atomic E-state index is 5.64. The normalized spacial score (nSPS) is 27.4. The molecule has 0 amide bonds. The Labute approximate surface area is 101 Å². The smallest absolute Gasteiger partial charge is 0.00951 e. The minimum atomic E-state index is 0.835. The summed E-state index contributed by atoms with van der Waals surface area (Å²) in [5, 5.41) is 0. The van der Waals surface area contributed by atoms with Gasteiger partial charge in [-0.2, -0.15) is 0 Å². The van der Waals surface area contributed by atoms with Gasteiger partial charge in [-0.25, -0.2) is 0 Å². The Balaban J connectivity index is 1.74. The SMILES string of the molecule is CC(C1CCCC1)N1CCC(CCN)CC1. The highest BCUT2D eigenvalue weighted by Crippen LogP contribution is 2.32. The first-order chi connectivity index (χ1) is 7.81. The van der Waals surface area contributed by atoms with E-state index in [-0.39, 0.29) is 0 Å². The van der Waals surface area contributed by atoms with Crippen LogP contribution in [0.1, 0.15) is 51.9 Å². The number of nitrogens with zero attached hydrogens (tertiary/aromatic N) is 1. The van der Waals surface area contributed by atoms with Crippen molar-refractivity contribution in [1.82, 2.24) is 4.90 Å². The molecular formula is C14H28N2. The summed E-state index contributed by atoms with van der Waals surface area (Å²) in [6.45, 7) is 5.98. The first kappa shape index (κ1) is 12.4. The highest BCUT2D eigenvalue weighted by Gasteiger charge is 2.28. The molecule has 1 atom stereocenters. The van der Waals surface area contributed by atoms with Crippen LogP contribution in [-0.4, -0.2) is 30.6 Å². The maximum Gasteiger partial charge on any atom is 0.00951 e. The zero-order valence-corrected chi connectivity index (χ0v) is 10.8. The summed E-state index contributed by atoms with van der Waals surface area (Å²) in [5.74, 6) is 1.91. The fourth-order valence-corrected chi connectivity index (χ4v) is 3.62. The topological polar surface area (TPSA) is 29.3 Å². The molecule has 1 aliphatic heterocycles. The van der Waals surface area contributed by atoms with E-state index in [2.05, 4.69) is 11.8 Å². The summed E-state index contributed by atoms with van der Waals surface area (Å²) in [6, 6.07) is 0.835. The first-order valence-electron chi connectivity index (χ1n) is 7.25. The monoisotopic (exact) mass is 224 g/mol. The fourth-order valence-electron chi connectivity index (χ4n) is 3.62. The number of likely N-dealkylation sites (tertiary alicyclic amines) is 1. The molecule has 94 valence electrons. The molecule has 2 fully saturated rings. The summed E-state index contributed by atoms with van der Waals surface area (Å²) in [4.78, 5) is 2.74. The van der Waals surface area contributed by atoms with Gasteiger partial charge in [0.15, 0.2) is 0 Å². The molecule has 0 spiro atoms. The molecule has 2 aliphatic rings. The van der Waals surface area contributed by atoms with E-state index in [9.17, 15) is 0 Å². The summed E-state index contributed by atoms with van der Waals surface area (Å²) >= 11 is 0. The van der Waals surface area contributed by atoms with Gasteiger partial charge in [0.05, 0.1) is 0 Å². The molecule has 1 saturated carbocycles. The van der Waals surface area contributed by atoms with Crippen molar-refractivity contribution in [3.8, 4) is 0 Å². The number of nitrogens with two attached hydrogens (primary N) is 1. The Morgan fingerprint density at radius 1 is 1.12 bits per heavy atom. The van der Waals surface area contributed by atoms with Gasteiger partial charge < -0.3 is 10.6 Å². The predicted molar refractivity (Wildman–Crippen MR) is 69.4 cm³/mol. The van der Waals surface area contributed by atoms with Crippen molar-refractivity contribution in [2.45, 2.75) is 57.9 Å². The molecule has 1 heterocycles. The van der Waals surface area contributed by atoms with E-state index in [4.69, 9.17) is 5.73 Å². The van der Waals surface area contributed by atoms with Crippen LogP contribution in [0.4, 0.5) is 0 Å². The predicted octanol–water partition coefficient (Wildman–Crippen LogP) is 2.63. The van der Waals surface area contributed by atoms with E-state index in [1.165, 1.54) is 58.0 Å². The van der Waals surface area contributed by atoms with Crippen LogP contribution >= 0.6 is 0 Å². The standard InChI is InChI=1S/C14H28N2/c1-12(14-4-2-3-5-14)16-10-7-13(6-9-15)8-11-16/h12-14H,2-11,15H2,1H3. The summed E-state index contributed by atoms with van der Waals surface area (Å²) in [6.07, 6.45) is 9.90. The Bertz CT molecular complexity index is 191. The average Bonchev–Trinajstić information content (AvgIpc) is 2.83. The van der Waals surface area contributed by atoms with Gasteiger partial charge in [-0.1, -0.05) is 12.8 Å². The molecule has 0 aromatic rings. The summed E-state index contributed by atoms with van der Waals surface area (Å²) in [5.41, 5.74) is 5.64. The molecule has 1 unspecified atom stereocenters. The lowest BCUT2D eigenvalue weighted by atomic mass is 9.90. The van der Waals surface area contributed by atoms with Gasteiger partial charge in [-0.3, -0.25) is 0 Å². The van der Waals surface area contributed by atoms with Crippen LogP contribution in [0.3, 0.4) is 0 Å². The molecule has 0 aromatic heterocycles. The van der Waals surface area contributed by atoms with Gasteiger partial charge in [0, 0.05) is 6.04 Å². The zero-order valence-electron chi connectivity index (χ0n) is 10.8. The van der Waals surface area contributed by atoms with Crippen molar-refractivity contribution in [3.05, 3.63) is 0 Å². The molecule has 2 N–H and O–H groups in total. The summed E-state index contributed by atoms with van der Waals surface area (Å²) < 4.78 is 0. The molecule has 0 radical (unpaired) electrons. The second kappa shape index (κ2) is 6.02.